The van der Waals surface area contributed by atoms with Crippen LogP contribution < -0.4 is 5.32 Å². The van der Waals surface area contributed by atoms with Crippen LogP contribution in [-0.4, -0.2) is 19.7 Å². The van der Waals surface area contributed by atoms with Crippen LogP contribution in [0.15, 0.2) is 24.3 Å². The van der Waals surface area contributed by atoms with Crippen molar-refractivity contribution >= 4 is 0 Å². The Labute approximate surface area is 129 Å². The number of nitrogens with one attached hydrogen (secondary N) is 1. The fourth-order valence-electron chi connectivity index (χ4n) is 2.42. The molecule has 0 spiro atoms. The van der Waals surface area contributed by atoms with E-state index >= 15 is 0 Å². The SMILES string of the molecule is CCCCC(CC)COC(CNCC)c1ccccc1F. The lowest BCUT2D eigenvalue weighted by molar-refractivity contribution is 0.0233. The van der Waals surface area contributed by atoms with Crippen LogP contribution in [0.5, 0.6) is 0 Å². The minimum absolute atomic E-state index is 0.179. The summed E-state index contributed by atoms with van der Waals surface area (Å²) < 4.78 is 20.0. The average molecular weight is 295 g/mol. The molecule has 0 bridgehead atoms. The molecule has 0 amide bonds. The van der Waals surface area contributed by atoms with Crippen LogP contribution >= 0.6 is 0 Å². The second-order valence-electron chi connectivity index (χ2n) is 5.57. The van der Waals surface area contributed by atoms with Crippen LogP contribution in [0.4, 0.5) is 4.39 Å². The molecule has 0 radical (unpaired) electrons. The molecule has 2 unspecified atom stereocenters. The molecule has 2 atom stereocenters. The van der Waals surface area contributed by atoms with E-state index in [2.05, 4.69) is 26.1 Å². The third kappa shape index (κ3) is 6.58. The first kappa shape index (κ1) is 18.1. The zero-order valence-electron chi connectivity index (χ0n) is 13.7. The normalized spacial score (nSPS) is 14.1. The molecule has 0 aliphatic carbocycles. The monoisotopic (exact) mass is 295 g/mol. The maximum atomic E-state index is 14.0. The second kappa shape index (κ2) is 10.7. The van der Waals surface area contributed by atoms with Crippen molar-refractivity contribution in [3.63, 3.8) is 0 Å². The summed E-state index contributed by atoms with van der Waals surface area (Å²) in [6.07, 6.45) is 4.55. The van der Waals surface area contributed by atoms with E-state index in [1.165, 1.54) is 25.3 Å². The number of hydrogen-bond acceptors (Lipinski definition) is 2. The Morgan fingerprint density at radius 3 is 2.57 bits per heavy atom. The fourth-order valence-corrected chi connectivity index (χ4v) is 2.42. The van der Waals surface area contributed by atoms with Gasteiger partial charge in [-0.15, -0.1) is 0 Å². The van der Waals surface area contributed by atoms with Gasteiger partial charge in [0.1, 0.15) is 5.82 Å². The molecule has 120 valence electrons. The highest BCUT2D eigenvalue weighted by Gasteiger charge is 2.17. The summed E-state index contributed by atoms with van der Waals surface area (Å²) in [5.41, 5.74) is 0.656. The molecule has 1 aromatic rings. The van der Waals surface area contributed by atoms with E-state index in [-0.39, 0.29) is 11.9 Å². The van der Waals surface area contributed by atoms with Gasteiger partial charge in [0.2, 0.25) is 0 Å². The van der Waals surface area contributed by atoms with Crippen molar-refractivity contribution < 1.29 is 9.13 Å². The van der Waals surface area contributed by atoms with Gasteiger partial charge in [-0.25, -0.2) is 4.39 Å². The Kier molecular flexibility index (Phi) is 9.27. The van der Waals surface area contributed by atoms with Crippen molar-refractivity contribution in [1.29, 1.82) is 0 Å². The smallest absolute Gasteiger partial charge is 0.129 e. The number of likely N-dealkylation sites (N-methyl/N-ethyl adjacent to an activating group) is 1. The first-order valence-corrected chi connectivity index (χ1v) is 8.29. The van der Waals surface area contributed by atoms with Crippen LogP contribution in [-0.2, 0) is 4.74 Å². The molecule has 1 rings (SSSR count). The first-order valence-electron chi connectivity index (χ1n) is 8.29. The Hall–Kier alpha value is -0.930. The molecule has 0 aromatic heterocycles. The zero-order chi connectivity index (χ0) is 15.5. The van der Waals surface area contributed by atoms with Crippen molar-refractivity contribution in [2.24, 2.45) is 5.92 Å². The minimum Gasteiger partial charge on any atom is -0.372 e. The summed E-state index contributed by atoms with van der Waals surface area (Å²) in [4.78, 5) is 0. The third-order valence-electron chi connectivity index (χ3n) is 3.91. The molecule has 0 saturated heterocycles. The molecule has 0 aliphatic heterocycles. The van der Waals surface area contributed by atoms with Crippen molar-refractivity contribution in [3.8, 4) is 0 Å². The van der Waals surface area contributed by atoms with Gasteiger partial charge in [0.15, 0.2) is 0 Å². The van der Waals surface area contributed by atoms with Gasteiger partial charge in [0.05, 0.1) is 12.7 Å². The van der Waals surface area contributed by atoms with Gasteiger partial charge >= 0.3 is 0 Å². The molecular weight excluding hydrogens is 265 g/mol. The molecule has 0 saturated carbocycles. The largest absolute Gasteiger partial charge is 0.372 e. The van der Waals surface area contributed by atoms with Crippen molar-refractivity contribution in [2.75, 3.05) is 19.7 Å². The van der Waals surface area contributed by atoms with E-state index in [1.54, 1.807) is 6.07 Å². The summed E-state index contributed by atoms with van der Waals surface area (Å²) in [6.45, 7) is 8.69. The number of unbranched alkanes of at least 4 members (excludes halogenated alkanes) is 1. The van der Waals surface area contributed by atoms with E-state index in [1.807, 2.05) is 12.1 Å². The highest BCUT2D eigenvalue weighted by atomic mass is 19.1. The van der Waals surface area contributed by atoms with E-state index in [4.69, 9.17) is 4.74 Å². The quantitative estimate of drug-likeness (QED) is 0.638. The second-order valence-corrected chi connectivity index (χ2v) is 5.57. The van der Waals surface area contributed by atoms with Crippen LogP contribution in [0.2, 0.25) is 0 Å². The highest BCUT2D eigenvalue weighted by Crippen LogP contribution is 2.22. The van der Waals surface area contributed by atoms with E-state index < -0.39 is 0 Å². The predicted octanol–water partition coefficient (Wildman–Crippen LogP) is 4.71. The molecule has 21 heavy (non-hydrogen) atoms. The van der Waals surface area contributed by atoms with Gasteiger partial charge in [0, 0.05) is 12.1 Å². The molecule has 1 aromatic carbocycles. The highest BCUT2D eigenvalue weighted by molar-refractivity contribution is 5.20. The Bertz CT molecular complexity index is 383. The summed E-state index contributed by atoms with van der Waals surface area (Å²) in [5.74, 6) is 0.392. The Morgan fingerprint density at radius 2 is 1.95 bits per heavy atom. The topological polar surface area (TPSA) is 21.3 Å². The molecule has 2 nitrogen and oxygen atoms in total. The van der Waals surface area contributed by atoms with Crippen molar-refractivity contribution in [3.05, 3.63) is 35.6 Å². The lowest BCUT2D eigenvalue weighted by Crippen LogP contribution is -2.25. The number of hydrogen-bond donors (Lipinski definition) is 1. The molecule has 0 fully saturated rings. The molecule has 1 N–H and O–H groups in total. The summed E-state index contributed by atoms with van der Waals surface area (Å²) in [6, 6.07) is 6.92. The van der Waals surface area contributed by atoms with Gasteiger partial charge in [-0.1, -0.05) is 58.2 Å². The molecule has 0 aliphatic rings. The number of rotatable bonds is 11. The number of benzene rings is 1. The number of halogens is 1. The van der Waals surface area contributed by atoms with E-state index in [0.717, 1.165) is 13.0 Å². The van der Waals surface area contributed by atoms with Crippen LogP contribution in [0.25, 0.3) is 0 Å². The van der Waals surface area contributed by atoms with Crippen LogP contribution in [0.1, 0.15) is 58.1 Å². The summed E-state index contributed by atoms with van der Waals surface area (Å²) in [7, 11) is 0. The first-order chi connectivity index (χ1) is 10.2. The van der Waals surface area contributed by atoms with Gasteiger partial charge in [-0.2, -0.15) is 0 Å². The molecule has 3 heteroatoms. The van der Waals surface area contributed by atoms with Gasteiger partial charge in [-0.05, 0) is 24.9 Å². The Morgan fingerprint density at radius 1 is 1.19 bits per heavy atom. The zero-order valence-corrected chi connectivity index (χ0v) is 13.7. The third-order valence-corrected chi connectivity index (χ3v) is 3.91. The minimum atomic E-state index is -0.207. The molecular formula is C18H30FNO. The maximum absolute atomic E-state index is 14.0. The summed E-state index contributed by atoms with van der Waals surface area (Å²) >= 11 is 0. The van der Waals surface area contributed by atoms with E-state index in [9.17, 15) is 4.39 Å². The Balaban J connectivity index is 2.63. The van der Waals surface area contributed by atoms with Gasteiger partial charge < -0.3 is 10.1 Å². The predicted molar refractivity (Wildman–Crippen MR) is 86.9 cm³/mol. The van der Waals surface area contributed by atoms with Gasteiger partial charge in [-0.3, -0.25) is 0 Å². The van der Waals surface area contributed by atoms with Gasteiger partial charge in [0.25, 0.3) is 0 Å². The van der Waals surface area contributed by atoms with E-state index in [0.29, 0.717) is 24.6 Å². The van der Waals surface area contributed by atoms with Crippen LogP contribution in [0.3, 0.4) is 0 Å². The van der Waals surface area contributed by atoms with Crippen molar-refractivity contribution in [2.45, 2.75) is 52.6 Å². The standard InChI is InChI=1S/C18H30FNO/c1-4-7-10-15(5-2)14-21-18(13-20-6-3)16-11-8-9-12-17(16)19/h8-9,11-12,15,18,20H,4-7,10,13-14H2,1-3H3. The maximum Gasteiger partial charge on any atom is 0.129 e. The molecule has 0 heterocycles. The fraction of sp³-hybridized carbons (Fsp3) is 0.667. The average Bonchev–Trinajstić information content (AvgIpc) is 2.51. The summed E-state index contributed by atoms with van der Waals surface area (Å²) in [5, 5.41) is 3.27. The van der Waals surface area contributed by atoms with Crippen molar-refractivity contribution in [1.82, 2.24) is 5.32 Å². The lowest BCUT2D eigenvalue weighted by Gasteiger charge is -2.23. The number of ether oxygens (including phenoxy) is 1. The lowest BCUT2D eigenvalue weighted by atomic mass is 10.0. The van der Waals surface area contributed by atoms with Crippen LogP contribution in [0, 0.1) is 11.7 Å².